The van der Waals surface area contributed by atoms with Gasteiger partial charge in [-0.15, -0.1) is 0 Å². The molecule has 12 heteroatoms. The Balaban J connectivity index is 1.68. The second-order valence-corrected chi connectivity index (χ2v) is 11.0. The molecule has 1 aromatic heterocycles. The number of aromatic nitrogens is 1. The molecule has 38 heavy (non-hydrogen) atoms. The second kappa shape index (κ2) is 10.5. The maximum atomic E-state index is 13.8. The Morgan fingerprint density at radius 2 is 1.89 bits per heavy atom. The average Bonchev–Trinajstić information content (AvgIpc) is 3.44. The number of allylic oxidation sites excluding steroid dienone is 1. The molecule has 0 spiro atoms. The molecule has 196 valence electrons. The lowest BCUT2D eigenvalue weighted by atomic mass is 9.95. The van der Waals surface area contributed by atoms with Gasteiger partial charge in [0.25, 0.3) is 5.56 Å². The van der Waals surface area contributed by atoms with Crippen molar-refractivity contribution in [2.75, 3.05) is 13.4 Å². The number of fused-ring (bicyclic) bond motifs is 2. The van der Waals surface area contributed by atoms with Gasteiger partial charge in [-0.3, -0.25) is 14.2 Å². The highest BCUT2D eigenvalue weighted by Crippen LogP contribution is 2.38. The summed E-state index contributed by atoms with van der Waals surface area (Å²) >= 11 is 8.05. The molecule has 0 aliphatic carbocycles. The number of rotatable bonds is 5. The van der Waals surface area contributed by atoms with E-state index in [1.807, 2.05) is 0 Å². The number of halogens is 2. The van der Waals surface area contributed by atoms with Gasteiger partial charge in [-0.05, 0) is 87.2 Å². The van der Waals surface area contributed by atoms with E-state index in [1.165, 1.54) is 22.8 Å². The Morgan fingerprint density at radius 1 is 1.18 bits per heavy atom. The monoisotopic (exact) mass is 662 g/mol. The van der Waals surface area contributed by atoms with Crippen molar-refractivity contribution in [2.45, 2.75) is 26.8 Å². The van der Waals surface area contributed by atoms with Gasteiger partial charge in [-0.2, -0.15) is 0 Å². The van der Waals surface area contributed by atoms with Crippen molar-refractivity contribution in [1.29, 1.82) is 0 Å². The lowest BCUT2D eigenvalue weighted by Gasteiger charge is -2.24. The molecule has 0 amide bonds. The number of benzene rings is 2. The van der Waals surface area contributed by atoms with Crippen LogP contribution in [0.25, 0.3) is 6.08 Å². The fourth-order valence-electron chi connectivity index (χ4n) is 4.25. The Morgan fingerprint density at radius 3 is 2.58 bits per heavy atom. The summed E-state index contributed by atoms with van der Waals surface area (Å²) in [6, 6.07) is 8.04. The Bertz CT molecular complexity index is 1680. The largest absolute Gasteiger partial charge is 0.463 e. The topological polar surface area (TPSA) is 105 Å². The zero-order valence-corrected chi connectivity index (χ0v) is 24.4. The van der Waals surface area contributed by atoms with Crippen LogP contribution >= 0.6 is 43.2 Å². The van der Waals surface area contributed by atoms with E-state index in [0.717, 1.165) is 0 Å². The third kappa shape index (κ3) is 4.83. The SMILES string of the molecule is CCOC(=O)C1=C(C)N=c2sc(=Cc3cc(Br)c(OC(C)=O)c(Br)c3)c(=O)n2C1c1ccc2c(c1)OCO2. The number of hydrogen-bond acceptors (Lipinski definition) is 9. The van der Waals surface area contributed by atoms with Gasteiger partial charge in [-0.1, -0.05) is 17.4 Å². The van der Waals surface area contributed by atoms with Crippen LogP contribution in [0.4, 0.5) is 0 Å². The van der Waals surface area contributed by atoms with E-state index >= 15 is 0 Å². The van der Waals surface area contributed by atoms with E-state index in [2.05, 4.69) is 36.9 Å². The molecule has 5 rings (SSSR count). The summed E-state index contributed by atoms with van der Waals surface area (Å²) in [7, 11) is 0. The molecule has 9 nitrogen and oxygen atoms in total. The summed E-state index contributed by atoms with van der Waals surface area (Å²) in [5.74, 6) is 0.468. The second-order valence-electron chi connectivity index (χ2n) is 8.32. The van der Waals surface area contributed by atoms with Crippen LogP contribution < -0.4 is 29.1 Å². The van der Waals surface area contributed by atoms with E-state index in [4.69, 9.17) is 18.9 Å². The van der Waals surface area contributed by atoms with Gasteiger partial charge in [0.1, 0.15) is 0 Å². The number of esters is 2. The molecule has 2 aliphatic rings. The standard InChI is InChI=1S/C26H20Br2N2O7S/c1-4-34-25(33)21-12(2)29-26-30(22(21)15-5-6-18-19(10-15)36-11-35-18)24(32)20(38-26)9-14-7-16(27)23(17(28)8-14)37-13(3)31/h5-10,22H,4,11H2,1-3H3. The molecular weight excluding hydrogens is 644 g/mol. The Kier molecular flexibility index (Phi) is 7.30. The summed E-state index contributed by atoms with van der Waals surface area (Å²) in [4.78, 5) is 43.3. The van der Waals surface area contributed by atoms with Crippen LogP contribution in [0.1, 0.15) is 37.9 Å². The van der Waals surface area contributed by atoms with Crippen molar-refractivity contribution in [2.24, 2.45) is 4.99 Å². The van der Waals surface area contributed by atoms with Gasteiger partial charge < -0.3 is 18.9 Å². The van der Waals surface area contributed by atoms with E-state index in [1.54, 1.807) is 50.3 Å². The van der Waals surface area contributed by atoms with Gasteiger partial charge in [-0.25, -0.2) is 9.79 Å². The first-order valence-corrected chi connectivity index (χ1v) is 13.8. The van der Waals surface area contributed by atoms with Crippen molar-refractivity contribution < 1.29 is 28.5 Å². The molecule has 0 radical (unpaired) electrons. The van der Waals surface area contributed by atoms with Gasteiger partial charge in [0.15, 0.2) is 22.0 Å². The summed E-state index contributed by atoms with van der Waals surface area (Å²) in [5, 5.41) is 0. The molecule has 0 N–H and O–H groups in total. The van der Waals surface area contributed by atoms with Crippen molar-refractivity contribution in [3.8, 4) is 17.2 Å². The van der Waals surface area contributed by atoms with E-state index < -0.39 is 18.0 Å². The molecule has 0 bridgehead atoms. The minimum Gasteiger partial charge on any atom is -0.463 e. The van der Waals surface area contributed by atoms with Gasteiger partial charge in [0.05, 0.1) is 37.4 Å². The van der Waals surface area contributed by atoms with Crippen molar-refractivity contribution in [3.63, 3.8) is 0 Å². The smallest absolute Gasteiger partial charge is 0.338 e. The fraction of sp³-hybridized carbons (Fsp3) is 0.231. The lowest BCUT2D eigenvalue weighted by molar-refractivity contribution is -0.139. The van der Waals surface area contributed by atoms with Crippen LogP contribution in [0, 0.1) is 0 Å². The minimum atomic E-state index is -0.772. The number of carbonyl (C=O) groups excluding carboxylic acids is 2. The van der Waals surface area contributed by atoms with Gasteiger partial charge in [0.2, 0.25) is 6.79 Å². The quantitative estimate of drug-likeness (QED) is 0.300. The maximum absolute atomic E-state index is 13.8. The molecular formula is C26H20Br2N2O7S. The zero-order chi connectivity index (χ0) is 27.1. The highest BCUT2D eigenvalue weighted by molar-refractivity contribution is 9.11. The van der Waals surface area contributed by atoms with Crippen molar-refractivity contribution in [1.82, 2.24) is 4.57 Å². The fourth-order valence-corrected chi connectivity index (χ4v) is 6.68. The molecule has 3 aromatic rings. The normalized spacial score (nSPS) is 16.2. The Labute approximate surface area is 237 Å². The summed E-state index contributed by atoms with van der Waals surface area (Å²) in [5.41, 5.74) is 1.78. The van der Waals surface area contributed by atoms with E-state index in [9.17, 15) is 14.4 Å². The van der Waals surface area contributed by atoms with Crippen LogP contribution in [-0.2, 0) is 14.3 Å². The van der Waals surface area contributed by atoms with Crippen molar-refractivity contribution in [3.05, 3.63) is 81.4 Å². The van der Waals surface area contributed by atoms with Crippen LogP contribution in [0.3, 0.4) is 0 Å². The number of hydrogen-bond donors (Lipinski definition) is 0. The third-order valence-corrected chi connectivity index (χ3v) is 7.95. The molecule has 1 atom stereocenters. The van der Waals surface area contributed by atoms with Crippen LogP contribution in [0.15, 0.2) is 60.3 Å². The third-order valence-electron chi connectivity index (χ3n) is 5.79. The average molecular weight is 664 g/mol. The Hall–Kier alpha value is -3.22. The summed E-state index contributed by atoms with van der Waals surface area (Å²) < 4.78 is 24.6. The zero-order valence-electron chi connectivity index (χ0n) is 20.4. The molecule has 0 saturated carbocycles. The molecule has 0 saturated heterocycles. The van der Waals surface area contributed by atoms with Crippen molar-refractivity contribution >= 4 is 61.2 Å². The van der Waals surface area contributed by atoms with Gasteiger partial charge >= 0.3 is 11.9 Å². The number of carbonyl (C=O) groups is 2. The number of thiazole rings is 1. The van der Waals surface area contributed by atoms with Gasteiger partial charge in [0, 0.05) is 6.92 Å². The highest BCUT2D eigenvalue weighted by atomic mass is 79.9. The molecule has 1 unspecified atom stereocenters. The highest BCUT2D eigenvalue weighted by Gasteiger charge is 2.34. The minimum absolute atomic E-state index is 0.0997. The summed E-state index contributed by atoms with van der Waals surface area (Å²) in [6.07, 6.45) is 1.72. The van der Waals surface area contributed by atoms with Crippen LogP contribution in [0.2, 0.25) is 0 Å². The number of ether oxygens (including phenoxy) is 4. The van der Waals surface area contributed by atoms with E-state index in [-0.39, 0.29) is 24.5 Å². The van der Waals surface area contributed by atoms with Crippen LogP contribution in [0.5, 0.6) is 17.2 Å². The lowest BCUT2D eigenvalue weighted by Crippen LogP contribution is -2.39. The van der Waals surface area contributed by atoms with E-state index in [0.29, 0.717) is 52.4 Å². The predicted molar refractivity (Wildman–Crippen MR) is 146 cm³/mol. The summed E-state index contributed by atoms with van der Waals surface area (Å²) in [6.45, 7) is 5.05. The molecule has 2 aliphatic heterocycles. The first kappa shape index (κ1) is 26.4. The molecule has 0 fully saturated rings. The maximum Gasteiger partial charge on any atom is 0.338 e. The van der Waals surface area contributed by atoms with Crippen LogP contribution in [-0.4, -0.2) is 29.9 Å². The first-order valence-electron chi connectivity index (χ1n) is 11.4. The predicted octanol–water partition coefficient (Wildman–Crippen LogP) is 3.98. The first-order chi connectivity index (χ1) is 18.2. The number of nitrogens with zero attached hydrogens (tertiary/aromatic N) is 2. The molecule has 2 aromatic carbocycles. The molecule has 3 heterocycles.